The maximum absolute atomic E-state index is 12.0. The summed E-state index contributed by atoms with van der Waals surface area (Å²) in [4.78, 5) is 17.0. The van der Waals surface area contributed by atoms with Crippen molar-refractivity contribution in [1.82, 2.24) is 15.5 Å². The second-order valence-corrected chi connectivity index (χ2v) is 7.27. The first-order valence-electron chi connectivity index (χ1n) is 7.32. The van der Waals surface area contributed by atoms with Gasteiger partial charge in [0, 0.05) is 0 Å². The molecule has 0 atom stereocenters. The third-order valence-electron chi connectivity index (χ3n) is 3.18. The minimum absolute atomic E-state index is 0.132. The molecule has 0 spiro atoms. The molecule has 118 valence electrons. The van der Waals surface area contributed by atoms with Crippen LogP contribution in [0.15, 0.2) is 34.2 Å². The summed E-state index contributed by atoms with van der Waals surface area (Å²) in [6.07, 6.45) is 4.08. The van der Waals surface area contributed by atoms with Crippen LogP contribution in [-0.2, 0) is 11.2 Å². The Labute approximate surface area is 142 Å². The van der Waals surface area contributed by atoms with Gasteiger partial charge in [0.1, 0.15) is 5.01 Å². The average molecular weight is 344 g/mol. The predicted molar refractivity (Wildman–Crippen MR) is 95.9 cm³/mol. The summed E-state index contributed by atoms with van der Waals surface area (Å²) in [5, 5.41) is 12.6. The van der Waals surface area contributed by atoms with Crippen molar-refractivity contribution in [2.75, 3.05) is 0 Å². The topological polar surface area (TPSA) is 67.2 Å². The van der Waals surface area contributed by atoms with Crippen molar-refractivity contribution >= 4 is 45.4 Å². The van der Waals surface area contributed by atoms with Crippen molar-refractivity contribution in [3.05, 3.63) is 45.3 Å². The number of benzene rings is 1. The molecule has 0 aliphatic carbocycles. The monoisotopic (exact) mass is 344 g/mol. The molecule has 1 N–H and O–H groups in total. The van der Waals surface area contributed by atoms with Crippen LogP contribution in [0.5, 0.6) is 0 Å². The van der Waals surface area contributed by atoms with Gasteiger partial charge in [-0.3, -0.25) is 4.79 Å². The molecular weight excluding hydrogens is 328 g/mol. The number of carbonyl (C=O) groups is 1. The normalized spacial score (nSPS) is 17.9. The molecule has 3 rings (SSSR count). The van der Waals surface area contributed by atoms with Crippen LogP contribution >= 0.6 is 23.1 Å². The van der Waals surface area contributed by atoms with Gasteiger partial charge in [-0.15, -0.1) is 10.2 Å². The number of aryl methyl sites for hydroxylation is 2. The number of aromatic nitrogens is 2. The van der Waals surface area contributed by atoms with Crippen LogP contribution in [0.1, 0.15) is 29.5 Å². The van der Waals surface area contributed by atoms with Crippen molar-refractivity contribution in [3.8, 4) is 0 Å². The summed E-state index contributed by atoms with van der Waals surface area (Å²) in [6, 6.07) is 8.28. The van der Waals surface area contributed by atoms with Crippen LogP contribution < -0.4 is 5.32 Å². The fourth-order valence-electron chi connectivity index (χ4n) is 2.12. The maximum Gasteiger partial charge on any atom is 0.264 e. The van der Waals surface area contributed by atoms with E-state index in [2.05, 4.69) is 39.6 Å². The van der Waals surface area contributed by atoms with E-state index in [0.29, 0.717) is 15.2 Å². The predicted octanol–water partition coefficient (Wildman–Crippen LogP) is 3.69. The molecule has 5 nitrogen and oxygen atoms in total. The van der Waals surface area contributed by atoms with Crippen molar-refractivity contribution in [2.24, 2.45) is 4.99 Å². The molecular formula is C16H16N4OS2. The number of amidine groups is 1. The van der Waals surface area contributed by atoms with E-state index in [9.17, 15) is 4.79 Å². The first-order chi connectivity index (χ1) is 11.1. The molecule has 1 aliphatic heterocycles. The highest BCUT2D eigenvalue weighted by atomic mass is 32.2. The van der Waals surface area contributed by atoms with Gasteiger partial charge in [0.2, 0.25) is 5.13 Å². The Morgan fingerprint density at radius 1 is 1.26 bits per heavy atom. The number of rotatable bonds is 4. The SMILES string of the molecule is CCCc1ccc(/C=C2\SC(=Nc3nnc(C)s3)NC2=O)cc1. The lowest BCUT2D eigenvalue weighted by molar-refractivity contribution is -0.115. The largest absolute Gasteiger partial charge is 0.300 e. The zero-order chi connectivity index (χ0) is 16.2. The van der Waals surface area contributed by atoms with E-state index < -0.39 is 0 Å². The van der Waals surface area contributed by atoms with Gasteiger partial charge < -0.3 is 5.32 Å². The Bertz CT molecular complexity index is 778. The highest BCUT2D eigenvalue weighted by Gasteiger charge is 2.24. The molecule has 7 heteroatoms. The summed E-state index contributed by atoms with van der Waals surface area (Å²) in [5.74, 6) is -0.132. The number of nitrogens with one attached hydrogen (secondary N) is 1. The minimum atomic E-state index is -0.132. The first kappa shape index (κ1) is 15.9. The van der Waals surface area contributed by atoms with E-state index in [-0.39, 0.29) is 5.91 Å². The fourth-order valence-corrected chi connectivity index (χ4v) is 3.56. The van der Waals surface area contributed by atoms with Crippen molar-refractivity contribution in [1.29, 1.82) is 0 Å². The highest BCUT2D eigenvalue weighted by Crippen LogP contribution is 2.28. The number of hydrogen-bond donors (Lipinski definition) is 1. The molecule has 2 aromatic rings. The number of thioether (sulfide) groups is 1. The van der Waals surface area contributed by atoms with Crippen LogP contribution in [0.25, 0.3) is 6.08 Å². The third kappa shape index (κ3) is 4.05. The van der Waals surface area contributed by atoms with Gasteiger partial charge in [0.05, 0.1) is 4.91 Å². The molecule has 1 fully saturated rings. The van der Waals surface area contributed by atoms with Crippen molar-refractivity contribution in [3.63, 3.8) is 0 Å². The maximum atomic E-state index is 12.0. The molecule has 0 bridgehead atoms. The van der Waals surface area contributed by atoms with Crippen LogP contribution in [0.4, 0.5) is 5.13 Å². The van der Waals surface area contributed by atoms with Crippen LogP contribution in [0.3, 0.4) is 0 Å². The van der Waals surface area contributed by atoms with Gasteiger partial charge in [0.15, 0.2) is 5.17 Å². The zero-order valence-electron chi connectivity index (χ0n) is 12.9. The number of aliphatic imine (C=N–C) groups is 1. The Balaban J connectivity index is 1.75. The minimum Gasteiger partial charge on any atom is -0.300 e. The van der Waals surface area contributed by atoms with E-state index in [1.165, 1.54) is 28.7 Å². The average Bonchev–Trinajstić information content (AvgIpc) is 3.08. The van der Waals surface area contributed by atoms with Crippen LogP contribution in [-0.4, -0.2) is 21.3 Å². The second kappa shape index (κ2) is 7.06. The molecule has 0 saturated carbocycles. The number of amides is 1. The molecule has 1 aromatic heterocycles. The summed E-state index contributed by atoms with van der Waals surface area (Å²) in [7, 11) is 0. The summed E-state index contributed by atoms with van der Waals surface area (Å²) >= 11 is 2.71. The zero-order valence-corrected chi connectivity index (χ0v) is 14.5. The van der Waals surface area contributed by atoms with E-state index >= 15 is 0 Å². The number of carbonyl (C=O) groups excluding carboxylic acids is 1. The molecule has 1 saturated heterocycles. The van der Waals surface area contributed by atoms with Gasteiger partial charge in [-0.1, -0.05) is 48.9 Å². The van der Waals surface area contributed by atoms with E-state index in [1.807, 2.05) is 25.1 Å². The Hall–Kier alpha value is -1.99. The molecule has 1 aromatic carbocycles. The first-order valence-corrected chi connectivity index (χ1v) is 8.96. The number of hydrogen-bond acceptors (Lipinski definition) is 6. The lowest BCUT2D eigenvalue weighted by atomic mass is 10.1. The molecule has 0 radical (unpaired) electrons. The van der Waals surface area contributed by atoms with Crippen LogP contribution in [0.2, 0.25) is 0 Å². The van der Waals surface area contributed by atoms with Gasteiger partial charge in [0.25, 0.3) is 5.91 Å². The molecule has 1 aliphatic rings. The molecule has 23 heavy (non-hydrogen) atoms. The quantitative estimate of drug-likeness (QED) is 0.859. The van der Waals surface area contributed by atoms with E-state index in [4.69, 9.17) is 0 Å². The smallest absolute Gasteiger partial charge is 0.264 e. The van der Waals surface area contributed by atoms with Crippen molar-refractivity contribution < 1.29 is 4.79 Å². The lowest BCUT2D eigenvalue weighted by Gasteiger charge is -1.99. The summed E-state index contributed by atoms with van der Waals surface area (Å²) < 4.78 is 0. The van der Waals surface area contributed by atoms with E-state index in [1.54, 1.807) is 0 Å². The third-order valence-corrected chi connectivity index (χ3v) is 4.82. The standard InChI is InChI=1S/C16H16N4OS2/c1-3-4-11-5-7-12(8-6-11)9-13-14(21)17-15(23-13)18-16-20-19-10(2)22-16/h5-9H,3-4H2,1-2H3,(H,17,18,20,21)/b13-9-. The van der Waals surface area contributed by atoms with Gasteiger partial charge >= 0.3 is 0 Å². The highest BCUT2D eigenvalue weighted by molar-refractivity contribution is 8.18. The second-order valence-electron chi connectivity index (χ2n) is 5.08. The van der Waals surface area contributed by atoms with Gasteiger partial charge in [-0.25, -0.2) is 0 Å². The molecule has 2 heterocycles. The molecule has 1 amide bonds. The van der Waals surface area contributed by atoms with Gasteiger partial charge in [-0.2, -0.15) is 4.99 Å². The summed E-state index contributed by atoms with van der Waals surface area (Å²) in [5.41, 5.74) is 2.32. The van der Waals surface area contributed by atoms with Gasteiger partial charge in [-0.05, 0) is 42.3 Å². The van der Waals surface area contributed by atoms with E-state index in [0.717, 1.165) is 23.4 Å². The Morgan fingerprint density at radius 2 is 2.04 bits per heavy atom. The fraction of sp³-hybridized carbons (Fsp3) is 0.250. The lowest BCUT2D eigenvalue weighted by Crippen LogP contribution is -2.19. The Kier molecular flexibility index (Phi) is 4.88. The van der Waals surface area contributed by atoms with Crippen molar-refractivity contribution in [2.45, 2.75) is 26.7 Å². The van der Waals surface area contributed by atoms with Crippen LogP contribution in [0, 0.1) is 6.92 Å². The molecule has 0 unspecified atom stereocenters. The summed E-state index contributed by atoms with van der Waals surface area (Å²) in [6.45, 7) is 4.03. The Morgan fingerprint density at radius 3 is 2.70 bits per heavy atom. The number of nitrogens with zero attached hydrogens (tertiary/aromatic N) is 3.